The van der Waals surface area contributed by atoms with E-state index in [-0.39, 0.29) is 0 Å². The molecule has 0 aromatic carbocycles. The Morgan fingerprint density at radius 1 is 1.62 bits per heavy atom. The van der Waals surface area contributed by atoms with Gasteiger partial charge in [-0.25, -0.2) is 4.98 Å². The summed E-state index contributed by atoms with van der Waals surface area (Å²) in [4.78, 5) is 7.51. The fourth-order valence-electron chi connectivity index (χ4n) is 2.52. The van der Waals surface area contributed by atoms with Gasteiger partial charge in [-0.3, -0.25) is 0 Å². The van der Waals surface area contributed by atoms with Crippen LogP contribution in [0.4, 0.5) is 0 Å². The van der Waals surface area contributed by atoms with Crippen LogP contribution in [0.3, 0.4) is 0 Å². The number of aromatic nitrogens is 2. The molecule has 0 radical (unpaired) electrons. The second-order valence-corrected chi connectivity index (χ2v) is 4.73. The summed E-state index contributed by atoms with van der Waals surface area (Å²) in [5.41, 5.74) is 6.00. The van der Waals surface area contributed by atoms with Gasteiger partial charge in [-0.05, 0) is 25.7 Å². The second kappa shape index (κ2) is 5.46. The second-order valence-electron chi connectivity index (χ2n) is 4.73. The SMILES string of the molecule is CCC(NC1CCCC(N)C1)c1ncc[nH]1. The zero-order valence-electron chi connectivity index (χ0n) is 9.95. The summed E-state index contributed by atoms with van der Waals surface area (Å²) in [7, 11) is 0. The van der Waals surface area contributed by atoms with Crippen molar-refractivity contribution in [2.45, 2.75) is 57.2 Å². The molecule has 1 saturated carbocycles. The highest BCUT2D eigenvalue weighted by atomic mass is 15.0. The molecule has 0 spiro atoms. The van der Waals surface area contributed by atoms with Crippen molar-refractivity contribution >= 4 is 0 Å². The Bertz CT molecular complexity index is 296. The molecule has 4 nitrogen and oxygen atoms in total. The zero-order chi connectivity index (χ0) is 11.4. The predicted molar refractivity (Wildman–Crippen MR) is 65.0 cm³/mol. The topological polar surface area (TPSA) is 66.7 Å². The monoisotopic (exact) mass is 222 g/mol. The smallest absolute Gasteiger partial charge is 0.123 e. The van der Waals surface area contributed by atoms with Gasteiger partial charge in [-0.15, -0.1) is 0 Å². The first-order chi connectivity index (χ1) is 7.79. The van der Waals surface area contributed by atoms with Gasteiger partial charge in [-0.1, -0.05) is 13.3 Å². The van der Waals surface area contributed by atoms with Gasteiger partial charge in [0, 0.05) is 24.5 Å². The fraction of sp³-hybridized carbons (Fsp3) is 0.750. The van der Waals surface area contributed by atoms with Crippen molar-refractivity contribution in [3.63, 3.8) is 0 Å². The Morgan fingerprint density at radius 2 is 2.50 bits per heavy atom. The van der Waals surface area contributed by atoms with E-state index < -0.39 is 0 Å². The van der Waals surface area contributed by atoms with E-state index in [2.05, 4.69) is 22.2 Å². The Kier molecular flexibility index (Phi) is 3.96. The number of hydrogen-bond donors (Lipinski definition) is 3. The van der Waals surface area contributed by atoms with Crippen LogP contribution in [0.25, 0.3) is 0 Å². The molecule has 1 fully saturated rings. The molecule has 1 aliphatic carbocycles. The molecule has 0 bridgehead atoms. The van der Waals surface area contributed by atoms with Crippen LogP contribution in [-0.2, 0) is 0 Å². The molecule has 4 heteroatoms. The summed E-state index contributed by atoms with van der Waals surface area (Å²) in [5, 5.41) is 3.66. The lowest BCUT2D eigenvalue weighted by molar-refractivity contribution is 0.305. The number of nitrogens with zero attached hydrogens (tertiary/aromatic N) is 1. The number of aromatic amines is 1. The highest BCUT2D eigenvalue weighted by molar-refractivity contribution is 4.96. The van der Waals surface area contributed by atoms with Gasteiger partial charge in [0.25, 0.3) is 0 Å². The maximum atomic E-state index is 6.00. The van der Waals surface area contributed by atoms with E-state index in [1.54, 1.807) is 0 Å². The third-order valence-corrected chi connectivity index (χ3v) is 3.41. The summed E-state index contributed by atoms with van der Waals surface area (Å²) < 4.78 is 0. The van der Waals surface area contributed by atoms with Gasteiger partial charge in [0.05, 0.1) is 6.04 Å². The van der Waals surface area contributed by atoms with Gasteiger partial charge in [0.1, 0.15) is 5.82 Å². The maximum Gasteiger partial charge on any atom is 0.123 e. The summed E-state index contributed by atoms with van der Waals surface area (Å²) in [6.45, 7) is 2.18. The minimum Gasteiger partial charge on any atom is -0.347 e. The van der Waals surface area contributed by atoms with E-state index in [1.165, 1.54) is 19.3 Å². The van der Waals surface area contributed by atoms with Gasteiger partial charge in [-0.2, -0.15) is 0 Å². The van der Waals surface area contributed by atoms with E-state index >= 15 is 0 Å². The number of imidazole rings is 1. The summed E-state index contributed by atoms with van der Waals surface area (Å²) >= 11 is 0. The normalized spacial score (nSPS) is 27.9. The Balaban J connectivity index is 1.91. The zero-order valence-corrected chi connectivity index (χ0v) is 9.95. The fourth-order valence-corrected chi connectivity index (χ4v) is 2.52. The average Bonchev–Trinajstić information content (AvgIpc) is 2.79. The molecule has 0 saturated heterocycles. The van der Waals surface area contributed by atoms with Crippen LogP contribution >= 0.6 is 0 Å². The van der Waals surface area contributed by atoms with E-state index in [0.29, 0.717) is 18.1 Å². The number of nitrogens with two attached hydrogens (primary N) is 1. The van der Waals surface area contributed by atoms with Crippen molar-refractivity contribution in [1.29, 1.82) is 0 Å². The van der Waals surface area contributed by atoms with Crippen LogP contribution in [0.1, 0.15) is 50.9 Å². The highest BCUT2D eigenvalue weighted by Gasteiger charge is 2.22. The molecule has 0 amide bonds. The quantitative estimate of drug-likeness (QED) is 0.726. The minimum atomic E-state index is 0.338. The lowest BCUT2D eigenvalue weighted by Crippen LogP contribution is -2.41. The van der Waals surface area contributed by atoms with Crippen molar-refractivity contribution in [3.05, 3.63) is 18.2 Å². The van der Waals surface area contributed by atoms with Gasteiger partial charge in [0.15, 0.2) is 0 Å². The molecule has 1 aliphatic rings. The molecule has 4 N–H and O–H groups in total. The average molecular weight is 222 g/mol. The molecule has 90 valence electrons. The minimum absolute atomic E-state index is 0.338. The molecule has 1 heterocycles. The Morgan fingerprint density at radius 3 is 3.12 bits per heavy atom. The maximum absolute atomic E-state index is 6.00. The molecule has 1 aromatic heterocycles. The first-order valence-electron chi connectivity index (χ1n) is 6.30. The Hall–Kier alpha value is -0.870. The van der Waals surface area contributed by atoms with Gasteiger partial charge >= 0.3 is 0 Å². The van der Waals surface area contributed by atoms with Crippen molar-refractivity contribution in [2.75, 3.05) is 0 Å². The molecular weight excluding hydrogens is 200 g/mol. The third-order valence-electron chi connectivity index (χ3n) is 3.41. The molecule has 3 unspecified atom stereocenters. The standard InChI is InChI=1S/C12H22N4/c1-2-11(12-14-6-7-15-12)16-10-5-3-4-9(13)8-10/h6-7,9-11,16H,2-5,8,13H2,1H3,(H,14,15). The predicted octanol–water partition coefficient (Wildman–Crippen LogP) is 1.72. The van der Waals surface area contributed by atoms with Crippen molar-refractivity contribution in [2.24, 2.45) is 5.73 Å². The lowest BCUT2D eigenvalue weighted by Gasteiger charge is -2.30. The summed E-state index contributed by atoms with van der Waals surface area (Å²) in [6.07, 6.45) is 9.50. The van der Waals surface area contributed by atoms with E-state index in [9.17, 15) is 0 Å². The van der Waals surface area contributed by atoms with Crippen LogP contribution in [0, 0.1) is 0 Å². The molecule has 2 rings (SSSR count). The molecule has 16 heavy (non-hydrogen) atoms. The number of rotatable bonds is 4. The Labute approximate surface area is 97.0 Å². The first kappa shape index (κ1) is 11.6. The largest absolute Gasteiger partial charge is 0.347 e. The van der Waals surface area contributed by atoms with E-state index in [1.807, 2.05) is 12.4 Å². The van der Waals surface area contributed by atoms with Crippen LogP contribution in [0.15, 0.2) is 12.4 Å². The number of hydrogen-bond acceptors (Lipinski definition) is 3. The summed E-state index contributed by atoms with van der Waals surface area (Å²) in [6, 6.07) is 1.27. The van der Waals surface area contributed by atoms with E-state index in [4.69, 9.17) is 5.73 Å². The molecule has 0 aliphatic heterocycles. The van der Waals surface area contributed by atoms with E-state index in [0.717, 1.165) is 18.7 Å². The third kappa shape index (κ3) is 2.83. The number of nitrogens with one attached hydrogen (secondary N) is 2. The molecular formula is C12H22N4. The van der Waals surface area contributed by atoms with Crippen LogP contribution < -0.4 is 11.1 Å². The van der Waals surface area contributed by atoms with Crippen LogP contribution in [0.2, 0.25) is 0 Å². The molecule has 1 aromatic rings. The van der Waals surface area contributed by atoms with Crippen LogP contribution in [0.5, 0.6) is 0 Å². The number of H-pyrrole nitrogens is 1. The lowest BCUT2D eigenvalue weighted by atomic mass is 9.91. The summed E-state index contributed by atoms with van der Waals surface area (Å²) in [5.74, 6) is 1.04. The van der Waals surface area contributed by atoms with Gasteiger partial charge in [0.2, 0.25) is 0 Å². The first-order valence-corrected chi connectivity index (χ1v) is 6.30. The van der Waals surface area contributed by atoms with Crippen molar-refractivity contribution < 1.29 is 0 Å². The molecule has 3 atom stereocenters. The van der Waals surface area contributed by atoms with Gasteiger partial charge < -0.3 is 16.0 Å². The highest BCUT2D eigenvalue weighted by Crippen LogP contribution is 2.21. The van der Waals surface area contributed by atoms with Crippen molar-refractivity contribution in [3.8, 4) is 0 Å². The van der Waals surface area contributed by atoms with Crippen molar-refractivity contribution in [1.82, 2.24) is 15.3 Å². The van der Waals surface area contributed by atoms with Crippen LogP contribution in [-0.4, -0.2) is 22.1 Å².